The van der Waals surface area contributed by atoms with Crippen LogP contribution in [-0.4, -0.2) is 34.4 Å². The van der Waals surface area contributed by atoms with Gasteiger partial charge >= 0.3 is 12.4 Å². The van der Waals surface area contributed by atoms with Gasteiger partial charge in [0, 0.05) is 12.5 Å². The molecule has 0 saturated carbocycles. The Bertz CT molecular complexity index is 823. The number of hydrogen-bond donors (Lipinski definition) is 0. The maximum Gasteiger partial charge on any atom is 0.453 e. The maximum atomic E-state index is 12.8. The summed E-state index contributed by atoms with van der Waals surface area (Å²) in [4.78, 5) is 5.53. The summed E-state index contributed by atoms with van der Waals surface area (Å²) in [5.74, 6) is -4.57. The van der Waals surface area contributed by atoms with Crippen molar-refractivity contribution >= 4 is 9.84 Å². The molecule has 0 aliphatic heterocycles. The first kappa shape index (κ1) is 17.2. The normalized spacial score (nSPS) is 13.3. The molecule has 2 rings (SSSR count). The van der Waals surface area contributed by atoms with Gasteiger partial charge in [-0.05, 0) is 12.1 Å². The fraction of sp³-hybridized carbons (Fsp3) is 0.300. The summed E-state index contributed by atoms with van der Waals surface area (Å²) in [5.41, 5.74) is 0. The number of alkyl halides is 6. The third-order valence-corrected chi connectivity index (χ3v) is 3.58. The highest BCUT2D eigenvalue weighted by molar-refractivity contribution is 7.90. The topological polar surface area (TPSA) is 77.7 Å². The van der Waals surface area contributed by atoms with Crippen molar-refractivity contribution in [2.45, 2.75) is 17.2 Å². The van der Waals surface area contributed by atoms with Gasteiger partial charge in [0.1, 0.15) is 0 Å². The van der Waals surface area contributed by atoms with Gasteiger partial charge in [0.05, 0.1) is 4.90 Å². The number of pyridine rings is 1. The molecule has 23 heavy (non-hydrogen) atoms. The first-order valence-electron chi connectivity index (χ1n) is 5.58. The van der Waals surface area contributed by atoms with Gasteiger partial charge in [-0.1, -0.05) is 0 Å². The number of halogens is 6. The number of rotatable bonds is 2. The van der Waals surface area contributed by atoms with Crippen LogP contribution in [0.25, 0.3) is 5.82 Å². The molecule has 0 radical (unpaired) electrons. The predicted molar refractivity (Wildman–Crippen MR) is 62.3 cm³/mol. The lowest BCUT2D eigenvalue weighted by Crippen LogP contribution is -2.15. The predicted octanol–water partition coefficient (Wildman–Crippen LogP) is 2.10. The van der Waals surface area contributed by atoms with Crippen molar-refractivity contribution in [2.75, 3.05) is 6.26 Å². The van der Waals surface area contributed by atoms with Gasteiger partial charge in [0.15, 0.2) is 15.7 Å². The molecule has 0 aromatic carbocycles. The van der Waals surface area contributed by atoms with E-state index in [4.69, 9.17) is 0 Å². The van der Waals surface area contributed by atoms with Gasteiger partial charge in [-0.25, -0.2) is 13.4 Å². The SMILES string of the molecule is CS(=O)(=O)c1ccc(-n2nc(C(F)(F)F)nc2C(F)(F)F)nc1. The smallest absolute Gasteiger partial charge is 0.236 e. The van der Waals surface area contributed by atoms with Crippen molar-refractivity contribution in [1.29, 1.82) is 0 Å². The van der Waals surface area contributed by atoms with E-state index in [1.807, 2.05) is 0 Å². The van der Waals surface area contributed by atoms with Crippen LogP contribution in [0, 0.1) is 0 Å². The molecular formula is C10H6F6N4O2S. The Morgan fingerprint density at radius 3 is 2.04 bits per heavy atom. The summed E-state index contributed by atoms with van der Waals surface area (Å²) in [6.45, 7) is 0. The molecule has 0 bridgehead atoms. The van der Waals surface area contributed by atoms with E-state index in [0.29, 0.717) is 6.20 Å². The van der Waals surface area contributed by atoms with Crippen molar-refractivity contribution in [3.8, 4) is 5.82 Å². The lowest BCUT2D eigenvalue weighted by Gasteiger charge is -2.07. The van der Waals surface area contributed by atoms with Gasteiger partial charge < -0.3 is 0 Å². The van der Waals surface area contributed by atoms with E-state index >= 15 is 0 Å². The van der Waals surface area contributed by atoms with Crippen molar-refractivity contribution in [3.05, 3.63) is 30.0 Å². The van der Waals surface area contributed by atoms with Crippen molar-refractivity contribution < 1.29 is 34.8 Å². The lowest BCUT2D eigenvalue weighted by atomic mass is 10.4. The number of hydrogen-bond acceptors (Lipinski definition) is 5. The molecule has 0 atom stereocenters. The Morgan fingerprint density at radius 1 is 1.04 bits per heavy atom. The first-order chi connectivity index (χ1) is 10.3. The van der Waals surface area contributed by atoms with E-state index in [1.54, 1.807) is 0 Å². The third-order valence-electron chi connectivity index (χ3n) is 2.48. The minimum absolute atomic E-state index is 0.144. The van der Waals surface area contributed by atoms with Crippen molar-refractivity contribution in [3.63, 3.8) is 0 Å². The van der Waals surface area contributed by atoms with E-state index in [2.05, 4.69) is 15.1 Å². The summed E-state index contributed by atoms with van der Waals surface area (Å²) < 4.78 is 98.2. The van der Waals surface area contributed by atoms with Crippen LogP contribution in [0.3, 0.4) is 0 Å². The van der Waals surface area contributed by atoms with Gasteiger partial charge in [-0.2, -0.15) is 36.0 Å². The standard InChI is InChI=1S/C10H6F6N4O2S/c1-23(21,22)5-2-3-6(17-4-5)20-8(10(14,15)16)18-7(19-20)9(11,12)13/h2-4H,1H3. The highest BCUT2D eigenvalue weighted by Gasteiger charge is 2.44. The highest BCUT2D eigenvalue weighted by Crippen LogP contribution is 2.33. The van der Waals surface area contributed by atoms with Gasteiger partial charge in [0.25, 0.3) is 5.82 Å². The van der Waals surface area contributed by atoms with Gasteiger partial charge in [-0.15, -0.1) is 5.10 Å². The second-order valence-electron chi connectivity index (χ2n) is 4.29. The molecule has 2 heterocycles. The Labute approximate surface area is 124 Å². The minimum Gasteiger partial charge on any atom is -0.236 e. The average Bonchev–Trinajstić information content (AvgIpc) is 2.82. The zero-order chi connectivity index (χ0) is 17.6. The monoisotopic (exact) mass is 360 g/mol. The lowest BCUT2D eigenvalue weighted by molar-refractivity contribution is -0.150. The van der Waals surface area contributed by atoms with E-state index < -0.39 is 39.7 Å². The molecule has 2 aromatic rings. The third kappa shape index (κ3) is 3.60. The number of aromatic nitrogens is 4. The average molecular weight is 360 g/mol. The molecule has 0 aliphatic carbocycles. The highest BCUT2D eigenvalue weighted by atomic mass is 32.2. The maximum absolute atomic E-state index is 12.8. The summed E-state index contributed by atoms with van der Waals surface area (Å²) in [6, 6.07) is 1.69. The van der Waals surface area contributed by atoms with Crippen molar-refractivity contribution in [2.24, 2.45) is 0 Å². The molecule has 0 spiro atoms. The molecule has 6 nitrogen and oxygen atoms in total. The van der Waals surface area contributed by atoms with Crippen LogP contribution in [0.4, 0.5) is 26.3 Å². The van der Waals surface area contributed by atoms with Crippen LogP contribution < -0.4 is 0 Å². The van der Waals surface area contributed by atoms with Gasteiger partial charge in [-0.3, -0.25) is 0 Å². The van der Waals surface area contributed by atoms with E-state index in [0.717, 1.165) is 18.4 Å². The second kappa shape index (κ2) is 5.18. The fourth-order valence-electron chi connectivity index (χ4n) is 1.49. The number of nitrogens with zero attached hydrogens (tertiary/aromatic N) is 4. The first-order valence-corrected chi connectivity index (χ1v) is 7.47. The Hall–Kier alpha value is -2.18. The van der Waals surface area contributed by atoms with Gasteiger partial charge in [0.2, 0.25) is 5.82 Å². The second-order valence-corrected chi connectivity index (χ2v) is 6.31. The van der Waals surface area contributed by atoms with Crippen LogP contribution in [0.15, 0.2) is 23.2 Å². The largest absolute Gasteiger partial charge is 0.453 e. The van der Waals surface area contributed by atoms with Crippen LogP contribution >= 0.6 is 0 Å². The summed E-state index contributed by atoms with van der Waals surface area (Å²) in [6.07, 6.45) is -8.85. The Balaban J connectivity index is 2.60. The van der Waals surface area contributed by atoms with Crippen LogP contribution in [0.5, 0.6) is 0 Å². The Morgan fingerprint density at radius 2 is 1.65 bits per heavy atom. The molecule has 0 fully saturated rings. The molecule has 0 aliphatic rings. The molecule has 2 aromatic heterocycles. The zero-order valence-electron chi connectivity index (χ0n) is 11.0. The number of sulfone groups is 1. The van der Waals surface area contributed by atoms with Crippen molar-refractivity contribution in [1.82, 2.24) is 19.7 Å². The molecule has 13 heteroatoms. The molecule has 0 N–H and O–H groups in total. The quantitative estimate of drug-likeness (QED) is 0.767. The van der Waals surface area contributed by atoms with E-state index in [9.17, 15) is 34.8 Å². The Kier molecular flexibility index (Phi) is 3.87. The van der Waals surface area contributed by atoms with E-state index in [1.165, 1.54) is 0 Å². The summed E-state index contributed by atoms with van der Waals surface area (Å²) >= 11 is 0. The zero-order valence-corrected chi connectivity index (χ0v) is 11.8. The summed E-state index contributed by atoms with van der Waals surface area (Å²) in [7, 11) is -3.67. The van der Waals surface area contributed by atoms with Crippen LogP contribution in [0.1, 0.15) is 11.6 Å². The minimum atomic E-state index is -5.21. The van der Waals surface area contributed by atoms with E-state index in [-0.39, 0.29) is 9.58 Å². The molecule has 0 amide bonds. The van der Waals surface area contributed by atoms with Crippen LogP contribution in [0.2, 0.25) is 0 Å². The molecular weight excluding hydrogens is 354 g/mol. The molecule has 0 unspecified atom stereocenters. The molecule has 126 valence electrons. The van der Waals surface area contributed by atoms with Crippen LogP contribution in [-0.2, 0) is 22.2 Å². The molecule has 0 saturated heterocycles. The fourth-order valence-corrected chi connectivity index (χ4v) is 2.05. The summed E-state index contributed by atoms with van der Waals surface area (Å²) in [5, 5.41) is 2.76.